The Morgan fingerprint density at radius 1 is 1.10 bits per heavy atom. The van der Waals surface area contributed by atoms with Crippen molar-refractivity contribution in [2.24, 2.45) is 46.3 Å². The van der Waals surface area contributed by atoms with Gasteiger partial charge in [-0.2, -0.15) is 0 Å². The Morgan fingerprint density at radius 2 is 1.90 bits per heavy atom. The highest BCUT2D eigenvalue weighted by Crippen LogP contribution is 2.67. The molecule has 0 aromatic heterocycles. The van der Waals surface area contributed by atoms with Crippen molar-refractivity contribution >= 4 is 5.97 Å². The van der Waals surface area contributed by atoms with E-state index in [-0.39, 0.29) is 0 Å². The molecule has 0 aromatic rings. The SMILES string of the molecule is CC(C)CCC[C@@H](C)[C@H]1CC[C@H]2[C@@H]3CC=C4CCCC[C@]4(C(=O)O)[C@H]3CC[C@]12C. The lowest BCUT2D eigenvalue weighted by Gasteiger charge is -2.57. The summed E-state index contributed by atoms with van der Waals surface area (Å²) in [6.07, 6.45) is 17.0. The second-order valence-electron chi connectivity index (χ2n) is 11.9. The summed E-state index contributed by atoms with van der Waals surface area (Å²) >= 11 is 0. The lowest BCUT2D eigenvalue weighted by Crippen LogP contribution is -2.53. The zero-order valence-electron chi connectivity index (χ0n) is 19.4. The van der Waals surface area contributed by atoms with Gasteiger partial charge in [-0.25, -0.2) is 0 Å². The summed E-state index contributed by atoms with van der Waals surface area (Å²) < 4.78 is 0. The van der Waals surface area contributed by atoms with Crippen LogP contribution in [0.4, 0.5) is 0 Å². The van der Waals surface area contributed by atoms with E-state index >= 15 is 0 Å². The van der Waals surface area contributed by atoms with Crippen LogP contribution in [0.2, 0.25) is 0 Å². The predicted molar refractivity (Wildman–Crippen MR) is 120 cm³/mol. The molecule has 0 unspecified atom stereocenters. The monoisotopic (exact) mass is 400 g/mol. The van der Waals surface area contributed by atoms with E-state index in [0.29, 0.717) is 17.3 Å². The van der Waals surface area contributed by atoms with Crippen LogP contribution in [0, 0.1) is 46.3 Å². The van der Waals surface area contributed by atoms with E-state index in [2.05, 4.69) is 33.8 Å². The van der Waals surface area contributed by atoms with Crippen molar-refractivity contribution in [2.75, 3.05) is 0 Å². The van der Waals surface area contributed by atoms with Crippen LogP contribution in [0.25, 0.3) is 0 Å². The number of carbonyl (C=O) groups is 1. The highest BCUT2D eigenvalue weighted by atomic mass is 16.4. The van der Waals surface area contributed by atoms with Crippen LogP contribution in [0.1, 0.15) is 105 Å². The summed E-state index contributed by atoms with van der Waals surface area (Å²) in [6, 6.07) is 0. The molecule has 4 rings (SSSR count). The van der Waals surface area contributed by atoms with Gasteiger partial charge in [0.15, 0.2) is 0 Å². The molecular weight excluding hydrogens is 356 g/mol. The number of hydrogen-bond acceptors (Lipinski definition) is 1. The number of hydrogen-bond donors (Lipinski definition) is 1. The molecular formula is C27H44O2. The molecule has 1 N–H and O–H groups in total. The summed E-state index contributed by atoms with van der Waals surface area (Å²) in [4.78, 5) is 12.6. The van der Waals surface area contributed by atoms with Crippen LogP contribution in [0.3, 0.4) is 0 Å². The van der Waals surface area contributed by atoms with Crippen molar-refractivity contribution in [1.82, 2.24) is 0 Å². The molecule has 0 aliphatic heterocycles. The molecule has 0 saturated heterocycles. The Bertz CT molecular complexity index is 649. The van der Waals surface area contributed by atoms with Crippen LogP contribution >= 0.6 is 0 Å². The maximum absolute atomic E-state index is 12.6. The number of carboxylic acid groups (broad SMARTS) is 1. The van der Waals surface area contributed by atoms with E-state index < -0.39 is 11.4 Å². The van der Waals surface area contributed by atoms with E-state index in [4.69, 9.17) is 0 Å². The molecule has 4 aliphatic carbocycles. The average Bonchev–Trinajstić information content (AvgIpc) is 3.04. The minimum atomic E-state index is -0.510. The van der Waals surface area contributed by atoms with Gasteiger partial charge in [0.1, 0.15) is 0 Å². The van der Waals surface area contributed by atoms with Crippen molar-refractivity contribution in [3.05, 3.63) is 11.6 Å². The average molecular weight is 401 g/mol. The number of allylic oxidation sites excluding steroid dienone is 1. The Labute approximate surface area is 178 Å². The molecule has 3 fully saturated rings. The molecule has 2 heteroatoms. The van der Waals surface area contributed by atoms with Crippen LogP contribution in [-0.2, 0) is 4.79 Å². The van der Waals surface area contributed by atoms with Gasteiger partial charge in [0.25, 0.3) is 0 Å². The topological polar surface area (TPSA) is 37.3 Å². The van der Waals surface area contributed by atoms with Crippen LogP contribution < -0.4 is 0 Å². The summed E-state index contributed by atoms with van der Waals surface area (Å²) in [6.45, 7) is 9.79. The fourth-order valence-electron chi connectivity index (χ4n) is 8.74. The van der Waals surface area contributed by atoms with Crippen LogP contribution in [0.15, 0.2) is 11.6 Å². The van der Waals surface area contributed by atoms with E-state index in [9.17, 15) is 9.90 Å². The van der Waals surface area contributed by atoms with Crippen molar-refractivity contribution in [2.45, 2.75) is 105 Å². The molecule has 2 nitrogen and oxygen atoms in total. The molecule has 0 spiro atoms. The van der Waals surface area contributed by atoms with E-state index in [1.54, 1.807) is 0 Å². The fraction of sp³-hybridized carbons (Fsp3) is 0.889. The Hall–Kier alpha value is -0.790. The third-order valence-corrected chi connectivity index (χ3v) is 10.1. The summed E-state index contributed by atoms with van der Waals surface area (Å²) in [5.74, 6) is 3.73. The predicted octanol–water partition coefficient (Wildman–Crippen LogP) is 7.48. The van der Waals surface area contributed by atoms with Gasteiger partial charge in [0.05, 0.1) is 5.41 Å². The molecule has 0 bridgehead atoms. The minimum absolute atomic E-state index is 0.397. The third-order valence-electron chi connectivity index (χ3n) is 10.1. The molecule has 3 saturated carbocycles. The molecule has 0 aromatic carbocycles. The van der Waals surface area contributed by atoms with Crippen LogP contribution in [0.5, 0.6) is 0 Å². The van der Waals surface area contributed by atoms with Crippen molar-refractivity contribution in [3.8, 4) is 0 Å². The smallest absolute Gasteiger partial charge is 0.314 e. The van der Waals surface area contributed by atoms with Gasteiger partial charge in [0.2, 0.25) is 0 Å². The van der Waals surface area contributed by atoms with Gasteiger partial charge in [-0.15, -0.1) is 0 Å². The molecule has 0 heterocycles. The zero-order valence-corrected chi connectivity index (χ0v) is 19.4. The number of rotatable bonds is 6. The summed E-state index contributed by atoms with van der Waals surface area (Å²) in [5.41, 5.74) is 1.24. The number of carboxylic acids is 1. The van der Waals surface area contributed by atoms with E-state index in [1.165, 1.54) is 50.5 Å². The number of aliphatic carboxylic acids is 1. The first-order valence-corrected chi connectivity index (χ1v) is 12.7. The van der Waals surface area contributed by atoms with E-state index in [0.717, 1.165) is 55.8 Å². The third kappa shape index (κ3) is 3.41. The molecule has 7 atom stereocenters. The van der Waals surface area contributed by atoms with Gasteiger partial charge in [0, 0.05) is 0 Å². The Balaban J connectivity index is 1.54. The highest BCUT2D eigenvalue weighted by molar-refractivity contribution is 5.80. The van der Waals surface area contributed by atoms with Crippen molar-refractivity contribution < 1.29 is 9.90 Å². The molecule has 0 amide bonds. The minimum Gasteiger partial charge on any atom is -0.481 e. The van der Waals surface area contributed by atoms with Crippen molar-refractivity contribution in [3.63, 3.8) is 0 Å². The molecule has 164 valence electrons. The maximum atomic E-state index is 12.6. The molecule has 4 aliphatic rings. The maximum Gasteiger partial charge on any atom is 0.314 e. The first kappa shape index (κ1) is 21.4. The Kier molecular flexibility index (Phi) is 5.95. The first-order chi connectivity index (χ1) is 13.8. The van der Waals surface area contributed by atoms with Crippen LogP contribution in [-0.4, -0.2) is 11.1 Å². The second kappa shape index (κ2) is 8.04. The molecule has 0 radical (unpaired) electrons. The fourth-order valence-corrected chi connectivity index (χ4v) is 8.74. The van der Waals surface area contributed by atoms with E-state index in [1.807, 2.05) is 0 Å². The summed E-state index contributed by atoms with van der Waals surface area (Å²) in [7, 11) is 0. The lowest BCUT2D eigenvalue weighted by molar-refractivity contribution is -0.158. The Morgan fingerprint density at radius 3 is 2.62 bits per heavy atom. The summed E-state index contributed by atoms with van der Waals surface area (Å²) in [5, 5.41) is 10.4. The quantitative estimate of drug-likeness (QED) is 0.469. The highest BCUT2D eigenvalue weighted by Gasteiger charge is 2.62. The standard InChI is InChI=1S/C27H44O2/c1-18(2)8-7-9-19(3)22-13-14-23-21-12-11-20-10-5-6-16-27(20,25(28)29)24(21)15-17-26(22,23)4/h11,18-19,21-24H,5-10,12-17H2,1-4H3,(H,28,29)/t19-,21+,22-,23+,24+,26-,27-/m1/s1. The first-order valence-electron chi connectivity index (χ1n) is 12.7. The van der Waals surface area contributed by atoms with Gasteiger partial charge in [-0.05, 0) is 92.3 Å². The van der Waals surface area contributed by atoms with Crippen molar-refractivity contribution in [1.29, 1.82) is 0 Å². The normalized spacial score (nSPS) is 42.6. The largest absolute Gasteiger partial charge is 0.481 e. The molecule has 29 heavy (non-hydrogen) atoms. The van der Waals surface area contributed by atoms with Gasteiger partial charge >= 0.3 is 5.97 Å². The zero-order chi connectivity index (χ0) is 20.8. The second-order valence-corrected chi connectivity index (χ2v) is 11.9. The number of fused-ring (bicyclic) bond motifs is 5. The van der Waals surface area contributed by atoms with Gasteiger partial charge < -0.3 is 5.11 Å². The van der Waals surface area contributed by atoms with Gasteiger partial charge in [-0.3, -0.25) is 4.79 Å². The lowest BCUT2D eigenvalue weighted by atomic mass is 9.46. The van der Waals surface area contributed by atoms with Gasteiger partial charge in [-0.1, -0.05) is 65.0 Å².